The van der Waals surface area contributed by atoms with Crippen molar-refractivity contribution in [1.29, 1.82) is 0 Å². The van der Waals surface area contributed by atoms with Crippen molar-refractivity contribution >= 4 is 11.9 Å². The Labute approximate surface area is 95.6 Å². The topological polar surface area (TPSA) is 83.6 Å². The molecule has 0 saturated carbocycles. The molecule has 0 aromatic heterocycles. The quantitative estimate of drug-likeness (QED) is 0.731. The minimum Gasteiger partial charge on any atom is -0.481 e. The summed E-state index contributed by atoms with van der Waals surface area (Å²) in [7, 11) is 0. The van der Waals surface area contributed by atoms with Gasteiger partial charge in [-0.2, -0.15) is 0 Å². The summed E-state index contributed by atoms with van der Waals surface area (Å²) in [5, 5.41) is 8.58. The predicted octanol–water partition coefficient (Wildman–Crippen LogP) is 0.437. The zero-order valence-electron chi connectivity index (χ0n) is 9.69. The van der Waals surface area contributed by atoms with Gasteiger partial charge in [-0.1, -0.05) is 0 Å². The van der Waals surface area contributed by atoms with Crippen molar-refractivity contribution in [3.8, 4) is 0 Å². The highest BCUT2D eigenvalue weighted by molar-refractivity contribution is 5.81. The Kier molecular flexibility index (Phi) is 4.73. The van der Waals surface area contributed by atoms with E-state index >= 15 is 0 Å². The maximum Gasteiger partial charge on any atom is 0.303 e. The summed E-state index contributed by atoms with van der Waals surface area (Å²) in [6, 6.07) is -0.435. The highest BCUT2D eigenvalue weighted by Crippen LogP contribution is 2.22. The van der Waals surface area contributed by atoms with Crippen LogP contribution in [0.3, 0.4) is 0 Å². The predicted molar refractivity (Wildman–Crippen MR) is 59.8 cm³/mol. The summed E-state index contributed by atoms with van der Waals surface area (Å²) in [5.41, 5.74) is 5.53. The molecule has 5 nitrogen and oxygen atoms in total. The number of carboxylic acids is 1. The van der Waals surface area contributed by atoms with Crippen LogP contribution in [0.4, 0.5) is 0 Å². The minimum atomic E-state index is -0.742. The molecule has 1 amide bonds. The van der Waals surface area contributed by atoms with Crippen molar-refractivity contribution in [2.75, 3.05) is 13.1 Å². The van der Waals surface area contributed by atoms with Gasteiger partial charge in [0.1, 0.15) is 0 Å². The largest absolute Gasteiger partial charge is 0.481 e. The fourth-order valence-electron chi connectivity index (χ4n) is 2.06. The molecule has 0 aromatic rings. The number of amides is 1. The molecule has 5 heteroatoms. The van der Waals surface area contributed by atoms with E-state index in [1.807, 2.05) is 0 Å². The summed E-state index contributed by atoms with van der Waals surface area (Å²) in [4.78, 5) is 23.8. The summed E-state index contributed by atoms with van der Waals surface area (Å²) in [6.45, 7) is 3.12. The first-order valence-electron chi connectivity index (χ1n) is 5.77. The van der Waals surface area contributed by atoms with Gasteiger partial charge >= 0.3 is 5.97 Å². The number of nitrogens with two attached hydrogens (primary N) is 1. The van der Waals surface area contributed by atoms with E-state index in [-0.39, 0.29) is 12.3 Å². The average molecular weight is 228 g/mol. The Morgan fingerprint density at radius 2 is 2.00 bits per heavy atom. The molecule has 0 aromatic carbocycles. The van der Waals surface area contributed by atoms with Crippen LogP contribution in [0, 0.1) is 5.92 Å². The minimum absolute atomic E-state index is 0.00307. The third-order valence-corrected chi connectivity index (χ3v) is 3.08. The van der Waals surface area contributed by atoms with Crippen molar-refractivity contribution in [3.63, 3.8) is 0 Å². The molecule has 0 radical (unpaired) electrons. The molecule has 1 aliphatic heterocycles. The molecule has 0 bridgehead atoms. The van der Waals surface area contributed by atoms with E-state index < -0.39 is 12.0 Å². The van der Waals surface area contributed by atoms with Crippen molar-refractivity contribution in [3.05, 3.63) is 0 Å². The highest BCUT2D eigenvalue weighted by Gasteiger charge is 2.24. The standard InChI is InChI=1S/C11H20N2O3/c1-8(12)11(16)13-6-4-9(5-7-13)2-3-10(14)15/h8-9H,2-7,12H2,1H3,(H,14,15). The number of rotatable bonds is 4. The highest BCUT2D eigenvalue weighted by atomic mass is 16.4. The van der Waals surface area contributed by atoms with E-state index in [2.05, 4.69) is 0 Å². The average Bonchev–Trinajstić information content (AvgIpc) is 2.26. The smallest absolute Gasteiger partial charge is 0.303 e. The van der Waals surface area contributed by atoms with Gasteiger partial charge in [-0.3, -0.25) is 9.59 Å². The molecule has 1 aliphatic rings. The summed E-state index contributed by atoms with van der Waals surface area (Å²) < 4.78 is 0. The number of piperidine rings is 1. The Bertz CT molecular complexity index is 258. The maximum absolute atomic E-state index is 11.6. The van der Waals surface area contributed by atoms with Crippen LogP contribution in [0.1, 0.15) is 32.6 Å². The summed E-state index contributed by atoms with van der Waals surface area (Å²) in [6.07, 6.45) is 2.74. The number of hydrogen-bond donors (Lipinski definition) is 2. The Hall–Kier alpha value is -1.10. The van der Waals surface area contributed by atoms with Gasteiger partial charge < -0.3 is 15.7 Å². The van der Waals surface area contributed by atoms with Gasteiger partial charge in [-0.25, -0.2) is 0 Å². The van der Waals surface area contributed by atoms with Crippen LogP contribution in [-0.2, 0) is 9.59 Å². The summed E-state index contributed by atoms with van der Waals surface area (Å²) >= 11 is 0. The van der Waals surface area contributed by atoms with Crippen LogP contribution in [0.25, 0.3) is 0 Å². The van der Waals surface area contributed by atoms with Gasteiger partial charge in [0.25, 0.3) is 0 Å². The first kappa shape index (κ1) is 13.0. The van der Waals surface area contributed by atoms with Gasteiger partial charge in [-0.15, -0.1) is 0 Å². The van der Waals surface area contributed by atoms with Crippen LogP contribution in [0.2, 0.25) is 0 Å². The number of hydrogen-bond acceptors (Lipinski definition) is 3. The van der Waals surface area contributed by atoms with Crippen LogP contribution in [0.15, 0.2) is 0 Å². The molecule has 16 heavy (non-hydrogen) atoms. The second-order valence-corrected chi connectivity index (χ2v) is 4.49. The zero-order chi connectivity index (χ0) is 12.1. The zero-order valence-corrected chi connectivity index (χ0v) is 9.69. The van der Waals surface area contributed by atoms with Crippen LogP contribution < -0.4 is 5.73 Å². The van der Waals surface area contributed by atoms with Crippen LogP contribution >= 0.6 is 0 Å². The molecule has 0 spiro atoms. The number of carbonyl (C=O) groups excluding carboxylic acids is 1. The van der Waals surface area contributed by atoms with E-state index in [0.717, 1.165) is 19.3 Å². The van der Waals surface area contributed by atoms with Gasteiger partial charge in [0.2, 0.25) is 5.91 Å². The maximum atomic E-state index is 11.6. The van der Waals surface area contributed by atoms with Crippen molar-refractivity contribution in [2.24, 2.45) is 11.7 Å². The summed E-state index contributed by atoms with van der Waals surface area (Å²) in [5.74, 6) is -0.306. The lowest BCUT2D eigenvalue weighted by Crippen LogP contribution is -2.45. The van der Waals surface area contributed by atoms with Gasteiger partial charge in [-0.05, 0) is 32.1 Å². The Morgan fingerprint density at radius 3 is 2.44 bits per heavy atom. The number of nitrogens with zero attached hydrogens (tertiary/aromatic N) is 1. The van der Waals surface area contributed by atoms with Crippen molar-refractivity contribution in [2.45, 2.75) is 38.6 Å². The normalized spacial score (nSPS) is 19.5. The molecule has 1 atom stereocenters. The molecular weight excluding hydrogens is 208 g/mol. The lowest BCUT2D eigenvalue weighted by atomic mass is 9.92. The lowest BCUT2D eigenvalue weighted by Gasteiger charge is -2.32. The van der Waals surface area contributed by atoms with Gasteiger partial charge in [0.05, 0.1) is 6.04 Å². The first-order valence-corrected chi connectivity index (χ1v) is 5.77. The van der Waals surface area contributed by atoms with Gasteiger partial charge in [0, 0.05) is 19.5 Å². The molecule has 92 valence electrons. The lowest BCUT2D eigenvalue weighted by molar-refractivity contribution is -0.138. The Balaban J connectivity index is 2.28. The molecule has 0 aliphatic carbocycles. The van der Waals surface area contributed by atoms with E-state index in [4.69, 9.17) is 10.8 Å². The third-order valence-electron chi connectivity index (χ3n) is 3.08. The number of carbonyl (C=O) groups is 2. The molecule has 1 fully saturated rings. The van der Waals surface area contributed by atoms with E-state index in [9.17, 15) is 9.59 Å². The van der Waals surface area contributed by atoms with Crippen molar-refractivity contribution < 1.29 is 14.7 Å². The monoisotopic (exact) mass is 228 g/mol. The van der Waals surface area contributed by atoms with Crippen molar-refractivity contribution in [1.82, 2.24) is 4.90 Å². The van der Waals surface area contributed by atoms with E-state index in [1.54, 1.807) is 11.8 Å². The molecule has 1 saturated heterocycles. The SMILES string of the molecule is CC(N)C(=O)N1CCC(CCC(=O)O)CC1. The van der Waals surface area contributed by atoms with E-state index in [1.165, 1.54) is 0 Å². The third kappa shape index (κ3) is 3.81. The fourth-order valence-corrected chi connectivity index (χ4v) is 2.06. The second-order valence-electron chi connectivity index (χ2n) is 4.49. The molecule has 1 unspecified atom stereocenters. The molecule has 1 heterocycles. The number of likely N-dealkylation sites (tertiary alicyclic amines) is 1. The second kappa shape index (κ2) is 5.84. The fraction of sp³-hybridized carbons (Fsp3) is 0.818. The molecule has 3 N–H and O–H groups in total. The van der Waals surface area contributed by atoms with E-state index in [0.29, 0.717) is 19.0 Å². The Morgan fingerprint density at radius 1 is 1.44 bits per heavy atom. The number of carboxylic acid groups (broad SMARTS) is 1. The van der Waals surface area contributed by atoms with Gasteiger partial charge in [0.15, 0.2) is 0 Å². The molecular formula is C11H20N2O3. The molecule has 1 rings (SSSR count). The first-order chi connectivity index (χ1) is 7.50. The van der Waals surface area contributed by atoms with Crippen LogP contribution in [-0.4, -0.2) is 41.0 Å². The number of aliphatic carboxylic acids is 1. The van der Waals surface area contributed by atoms with Crippen LogP contribution in [0.5, 0.6) is 0 Å².